The third-order valence-corrected chi connectivity index (χ3v) is 4.73. The molecule has 0 bridgehead atoms. The summed E-state index contributed by atoms with van der Waals surface area (Å²) < 4.78 is 5.60. The minimum absolute atomic E-state index is 0.0105. The molecule has 96 valence electrons. The highest BCUT2D eigenvalue weighted by Gasteiger charge is 2.39. The van der Waals surface area contributed by atoms with Crippen molar-refractivity contribution >= 4 is 5.97 Å². The van der Waals surface area contributed by atoms with Crippen LogP contribution in [-0.4, -0.2) is 24.2 Å². The molecule has 1 aliphatic heterocycles. The lowest BCUT2D eigenvalue weighted by Gasteiger charge is -2.24. The molecule has 3 nitrogen and oxygen atoms in total. The van der Waals surface area contributed by atoms with Crippen LogP contribution in [0.4, 0.5) is 0 Å². The van der Waals surface area contributed by atoms with Gasteiger partial charge in [-0.25, -0.2) is 0 Å². The van der Waals surface area contributed by atoms with Crippen LogP contribution < -0.4 is 5.32 Å². The smallest absolute Gasteiger partial charge is 0.323 e. The highest BCUT2D eigenvalue weighted by molar-refractivity contribution is 5.76. The summed E-state index contributed by atoms with van der Waals surface area (Å²) in [5, 5.41) is 3.49. The first-order chi connectivity index (χ1) is 8.33. The maximum atomic E-state index is 12.1. The van der Waals surface area contributed by atoms with Crippen LogP contribution in [0, 0.1) is 5.92 Å². The number of fused-ring (bicyclic) bond motifs is 1. The molecule has 0 amide bonds. The second kappa shape index (κ2) is 4.97. The van der Waals surface area contributed by atoms with E-state index in [2.05, 4.69) is 5.32 Å². The van der Waals surface area contributed by atoms with Crippen molar-refractivity contribution in [1.29, 1.82) is 0 Å². The Hall–Kier alpha value is -0.570. The molecule has 0 aromatic heterocycles. The molecule has 17 heavy (non-hydrogen) atoms. The van der Waals surface area contributed by atoms with E-state index in [-0.39, 0.29) is 18.1 Å². The predicted molar refractivity (Wildman–Crippen MR) is 65.6 cm³/mol. The number of nitrogens with one attached hydrogen (secondary N) is 1. The average molecular weight is 237 g/mol. The Bertz CT molecular complexity index is 272. The molecular weight excluding hydrogens is 214 g/mol. The summed E-state index contributed by atoms with van der Waals surface area (Å²) in [6.07, 6.45) is 11.0. The van der Waals surface area contributed by atoms with E-state index in [0.717, 1.165) is 25.2 Å². The predicted octanol–water partition coefficient (Wildman–Crippen LogP) is 2.39. The largest absolute Gasteiger partial charge is 0.461 e. The molecule has 1 heterocycles. The number of carbonyl (C=O) groups excluding carboxylic acids is 1. The van der Waals surface area contributed by atoms with E-state index in [4.69, 9.17) is 4.74 Å². The van der Waals surface area contributed by atoms with Crippen LogP contribution in [-0.2, 0) is 9.53 Å². The van der Waals surface area contributed by atoms with Gasteiger partial charge < -0.3 is 10.1 Å². The van der Waals surface area contributed by atoms with Gasteiger partial charge >= 0.3 is 5.97 Å². The summed E-state index contributed by atoms with van der Waals surface area (Å²) in [4.78, 5) is 12.1. The molecule has 3 unspecified atom stereocenters. The Morgan fingerprint density at radius 3 is 2.47 bits per heavy atom. The number of rotatable bonds is 2. The summed E-state index contributed by atoms with van der Waals surface area (Å²) in [6.45, 7) is 0. The highest BCUT2D eigenvalue weighted by atomic mass is 16.5. The van der Waals surface area contributed by atoms with Crippen molar-refractivity contribution in [2.45, 2.75) is 76.0 Å². The van der Waals surface area contributed by atoms with E-state index >= 15 is 0 Å². The van der Waals surface area contributed by atoms with E-state index < -0.39 is 0 Å². The maximum absolute atomic E-state index is 12.1. The van der Waals surface area contributed by atoms with E-state index in [1.165, 1.54) is 38.5 Å². The molecule has 3 atom stereocenters. The summed E-state index contributed by atoms with van der Waals surface area (Å²) in [6, 6.07) is 0.577. The van der Waals surface area contributed by atoms with Gasteiger partial charge in [0.2, 0.25) is 0 Å². The van der Waals surface area contributed by atoms with Gasteiger partial charge in [-0.2, -0.15) is 0 Å². The van der Waals surface area contributed by atoms with Crippen molar-refractivity contribution in [3.05, 3.63) is 0 Å². The van der Waals surface area contributed by atoms with Crippen LogP contribution in [0.25, 0.3) is 0 Å². The molecule has 0 aromatic rings. The lowest BCUT2D eigenvalue weighted by molar-refractivity contribution is -0.151. The number of esters is 1. The molecular formula is C14H23NO2. The van der Waals surface area contributed by atoms with E-state index in [9.17, 15) is 4.79 Å². The normalized spacial score (nSPS) is 38.0. The summed E-state index contributed by atoms with van der Waals surface area (Å²) in [5.74, 6) is 0.746. The minimum Gasteiger partial charge on any atom is -0.461 e. The van der Waals surface area contributed by atoms with Crippen LogP contribution >= 0.6 is 0 Å². The van der Waals surface area contributed by atoms with Crippen molar-refractivity contribution in [3.8, 4) is 0 Å². The fourth-order valence-corrected chi connectivity index (χ4v) is 3.76. The van der Waals surface area contributed by atoms with Crippen molar-refractivity contribution in [2.24, 2.45) is 5.92 Å². The van der Waals surface area contributed by atoms with Gasteiger partial charge in [-0.3, -0.25) is 4.79 Å². The molecule has 1 N–H and O–H groups in total. The summed E-state index contributed by atoms with van der Waals surface area (Å²) >= 11 is 0. The second-order valence-electron chi connectivity index (χ2n) is 5.95. The summed E-state index contributed by atoms with van der Waals surface area (Å²) in [5.41, 5.74) is 0. The fraction of sp³-hybridized carbons (Fsp3) is 0.929. The average Bonchev–Trinajstić information content (AvgIpc) is 2.96. The molecule has 3 aliphatic rings. The molecule has 0 spiro atoms. The first-order valence-corrected chi connectivity index (χ1v) is 7.29. The standard InChI is InChI=1S/C14H23NO2/c16-14(17-11-6-2-3-7-11)13-9-10-5-1-4-8-12(10)15-13/h10-13,15H,1-9H2. The Kier molecular flexibility index (Phi) is 3.37. The third kappa shape index (κ3) is 2.49. The number of hydrogen-bond donors (Lipinski definition) is 1. The number of hydrogen-bond acceptors (Lipinski definition) is 3. The molecule has 1 saturated heterocycles. The number of carbonyl (C=O) groups is 1. The first kappa shape index (κ1) is 11.5. The zero-order chi connectivity index (χ0) is 11.7. The topological polar surface area (TPSA) is 38.3 Å². The van der Waals surface area contributed by atoms with Crippen LogP contribution in [0.15, 0.2) is 0 Å². The Morgan fingerprint density at radius 1 is 1.00 bits per heavy atom. The maximum Gasteiger partial charge on any atom is 0.323 e. The number of ether oxygens (including phenoxy) is 1. The Labute approximate surface area is 103 Å². The quantitative estimate of drug-likeness (QED) is 0.749. The zero-order valence-electron chi connectivity index (χ0n) is 10.5. The van der Waals surface area contributed by atoms with Crippen molar-refractivity contribution in [3.63, 3.8) is 0 Å². The second-order valence-corrected chi connectivity index (χ2v) is 5.95. The molecule has 3 heteroatoms. The van der Waals surface area contributed by atoms with Crippen LogP contribution in [0.3, 0.4) is 0 Å². The van der Waals surface area contributed by atoms with Gasteiger partial charge in [0.15, 0.2) is 0 Å². The van der Waals surface area contributed by atoms with Crippen molar-refractivity contribution < 1.29 is 9.53 Å². The van der Waals surface area contributed by atoms with Gasteiger partial charge in [-0.1, -0.05) is 12.8 Å². The van der Waals surface area contributed by atoms with Crippen molar-refractivity contribution in [2.75, 3.05) is 0 Å². The van der Waals surface area contributed by atoms with Gasteiger partial charge in [0.05, 0.1) is 0 Å². The zero-order valence-corrected chi connectivity index (χ0v) is 10.5. The minimum atomic E-state index is -0.0105. The van der Waals surface area contributed by atoms with Gasteiger partial charge in [-0.05, 0) is 50.9 Å². The highest BCUT2D eigenvalue weighted by Crippen LogP contribution is 2.34. The Balaban J connectivity index is 1.52. The molecule has 2 saturated carbocycles. The van der Waals surface area contributed by atoms with Gasteiger partial charge in [0.1, 0.15) is 12.1 Å². The van der Waals surface area contributed by atoms with Crippen LogP contribution in [0.5, 0.6) is 0 Å². The van der Waals surface area contributed by atoms with E-state index in [0.29, 0.717) is 6.04 Å². The van der Waals surface area contributed by atoms with Crippen LogP contribution in [0.1, 0.15) is 57.8 Å². The monoisotopic (exact) mass is 237 g/mol. The molecule has 0 aromatic carbocycles. The fourth-order valence-electron chi connectivity index (χ4n) is 3.76. The lowest BCUT2D eigenvalue weighted by atomic mass is 9.85. The summed E-state index contributed by atoms with van der Waals surface area (Å²) in [7, 11) is 0. The van der Waals surface area contributed by atoms with E-state index in [1.54, 1.807) is 0 Å². The van der Waals surface area contributed by atoms with Crippen molar-refractivity contribution in [1.82, 2.24) is 5.32 Å². The molecule has 2 aliphatic carbocycles. The van der Waals surface area contributed by atoms with Gasteiger partial charge in [0.25, 0.3) is 0 Å². The Morgan fingerprint density at radius 2 is 1.71 bits per heavy atom. The molecule has 3 fully saturated rings. The lowest BCUT2D eigenvalue weighted by Crippen LogP contribution is -2.39. The first-order valence-electron chi connectivity index (χ1n) is 7.29. The van der Waals surface area contributed by atoms with Gasteiger partial charge in [-0.15, -0.1) is 0 Å². The molecule has 0 radical (unpaired) electrons. The van der Waals surface area contributed by atoms with Gasteiger partial charge in [0, 0.05) is 6.04 Å². The third-order valence-electron chi connectivity index (χ3n) is 4.73. The van der Waals surface area contributed by atoms with E-state index in [1.807, 2.05) is 0 Å². The SMILES string of the molecule is O=C(OC1CCCC1)C1CC2CCCCC2N1. The van der Waals surface area contributed by atoms with Crippen LogP contribution in [0.2, 0.25) is 0 Å². The molecule has 3 rings (SSSR count).